The number of hydrogen-bond donors (Lipinski definition) is 2. The second kappa shape index (κ2) is 12.9. The lowest BCUT2D eigenvalue weighted by molar-refractivity contribution is -0.134. The number of piperidine rings is 1. The van der Waals surface area contributed by atoms with Crippen LogP contribution < -0.4 is 26.0 Å². The van der Waals surface area contributed by atoms with Crippen molar-refractivity contribution in [1.29, 1.82) is 0 Å². The van der Waals surface area contributed by atoms with E-state index in [1.54, 1.807) is 60.7 Å². The second-order valence-corrected chi connectivity index (χ2v) is 12.7. The Kier molecular flexibility index (Phi) is 8.02. The molecule has 52 heavy (non-hydrogen) atoms. The summed E-state index contributed by atoms with van der Waals surface area (Å²) in [7, 11) is 3.51. The van der Waals surface area contributed by atoms with E-state index in [1.807, 2.05) is 30.3 Å². The number of hydrogen-bond acceptors (Lipinski definition) is 10. The van der Waals surface area contributed by atoms with Crippen molar-refractivity contribution in [3.8, 4) is 29.1 Å². The first-order valence-electron chi connectivity index (χ1n) is 16.7. The van der Waals surface area contributed by atoms with Gasteiger partial charge in [0.05, 0.1) is 36.2 Å². The van der Waals surface area contributed by atoms with E-state index >= 15 is 0 Å². The van der Waals surface area contributed by atoms with Gasteiger partial charge in [-0.15, -0.1) is 0 Å². The lowest BCUT2D eigenvalue weighted by Crippen LogP contribution is -2.39. The van der Waals surface area contributed by atoms with Gasteiger partial charge in [0.25, 0.3) is 5.91 Å². The molecule has 4 aromatic heterocycles. The summed E-state index contributed by atoms with van der Waals surface area (Å²) < 4.78 is 15.0. The molecule has 0 radical (unpaired) electrons. The first kappa shape index (κ1) is 32.5. The fourth-order valence-electron chi connectivity index (χ4n) is 6.79. The molecule has 14 heteroatoms. The quantitative estimate of drug-likeness (QED) is 0.201. The summed E-state index contributed by atoms with van der Waals surface area (Å²) in [6.07, 6.45) is 3.97. The molecule has 0 spiro atoms. The molecule has 1 saturated heterocycles. The van der Waals surface area contributed by atoms with Crippen LogP contribution in [-0.4, -0.2) is 61.5 Å². The van der Waals surface area contributed by atoms with Crippen LogP contribution in [0.3, 0.4) is 0 Å². The van der Waals surface area contributed by atoms with Crippen molar-refractivity contribution in [2.45, 2.75) is 25.7 Å². The lowest BCUT2D eigenvalue weighted by atomic mass is 9.88. The van der Waals surface area contributed by atoms with Gasteiger partial charge in [0.1, 0.15) is 23.6 Å². The topological polar surface area (TPSA) is 166 Å². The molecule has 6 heterocycles. The molecule has 0 bridgehead atoms. The highest BCUT2D eigenvalue weighted by atomic mass is 16.5. The molecule has 2 aliphatic heterocycles. The van der Waals surface area contributed by atoms with Crippen LogP contribution in [-0.2, 0) is 23.7 Å². The molecule has 2 N–H and O–H groups in total. The zero-order valence-corrected chi connectivity index (χ0v) is 28.5. The largest absolute Gasteiger partial charge is 0.474 e. The molecule has 2 aliphatic rings. The van der Waals surface area contributed by atoms with Gasteiger partial charge in [-0.1, -0.05) is 18.1 Å². The number of pyridine rings is 1. The van der Waals surface area contributed by atoms with Crippen LogP contribution in [0.5, 0.6) is 5.88 Å². The number of furan rings is 1. The number of ether oxygens (including phenoxy) is 1. The highest BCUT2D eigenvalue weighted by Gasteiger charge is 2.30. The number of fused-ring (bicyclic) bond motifs is 3. The van der Waals surface area contributed by atoms with Gasteiger partial charge in [-0.3, -0.25) is 33.8 Å². The zero-order valence-electron chi connectivity index (χ0n) is 28.5. The Morgan fingerprint density at radius 3 is 2.71 bits per heavy atom. The molecule has 8 rings (SSSR count). The number of amides is 3. The lowest BCUT2D eigenvalue weighted by Gasteiger charge is -2.30. The highest BCUT2D eigenvalue weighted by Crippen LogP contribution is 2.37. The molecular weight excluding hydrogens is 664 g/mol. The van der Waals surface area contributed by atoms with Crippen LogP contribution >= 0.6 is 0 Å². The summed E-state index contributed by atoms with van der Waals surface area (Å²) in [6.45, 7) is 2.83. The third-order valence-corrected chi connectivity index (χ3v) is 9.46. The third kappa shape index (κ3) is 5.71. The Hall–Kier alpha value is -6.75. The monoisotopic (exact) mass is 696 g/mol. The summed E-state index contributed by atoms with van der Waals surface area (Å²) >= 11 is 0. The number of imide groups is 1. The predicted octanol–water partition coefficient (Wildman–Crippen LogP) is 3.62. The van der Waals surface area contributed by atoms with Crippen LogP contribution in [0, 0.1) is 18.8 Å². The maximum absolute atomic E-state index is 13.0. The maximum Gasteiger partial charge on any atom is 0.328 e. The summed E-state index contributed by atoms with van der Waals surface area (Å²) in [5, 5.41) is 5.94. The van der Waals surface area contributed by atoms with E-state index in [9.17, 15) is 19.2 Å². The summed E-state index contributed by atoms with van der Waals surface area (Å²) in [4.78, 5) is 65.3. The molecule has 6 aromatic rings. The van der Waals surface area contributed by atoms with Crippen molar-refractivity contribution in [3.05, 3.63) is 94.0 Å². The van der Waals surface area contributed by atoms with Crippen molar-refractivity contribution < 1.29 is 23.5 Å². The number of imidazole rings is 1. The average Bonchev–Trinajstić information content (AvgIpc) is 3.66. The van der Waals surface area contributed by atoms with E-state index in [0.29, 0.717) is 59.4 Å². The number of aromatic nitrogens is 5. The second-order valence-electron chi connectivity index (χ2n) is 12.7. The van der Waals surface area contributed by atoms with Crippen molar-refractivity contribution in [2.75, 3.05) is 24.6 Å². The fourth-order valence-corrected chi connectivity index (χ4v) is 6.79. The molecule has 1 fully saturated rings. The number of carbonyl (C=O) groups excluding carboxylic acids is 3. The molecule has 0 aliphatic carbocycles. The van der Waals surface area contributed by atoms with Gasteiger partial charge in [0.2, 0.25) is 17.7 Å². The van der Waals surface area contributed by atoms with Gasteiger partial charge in [0.15, 0.2) is 11.6 Å². The molecular formula is C38H32N8O6. The van der Waals surface area contributed by atoms with Crippen LogP contribution in [0.4, 0.5) is 11.4 Å². The minimum Gasteiger partial charge on any atom is -0.474 e. The van der Waals surface area contributed by atoms with Gasteiger partial charge < -0.3 is 19.4 Å². The van der Waals surface area contributed by atoms with Crippen LogP contribution in [0.15, 0.2) is 70.1 Å². The van der Waals surface area contributed by atoms with Gasteiger partial charge >= 0.3 is 5.69 Å². The van der Waals surface area contributed by atoms with Crippen molar-refractivity contribution >= 4 is 51.1 Å². The molecule has 1 atom stereocenters. The molecule has 0 unspecified atom stereocenters. The van der Waals surface area contributed by atoms with E-state index in [1.165, 1.54) is 0 Å². The Labute approximate surface area is 296 Å². The summed E-state index contributed by atoms with van der Waals surface area (Å²) in [5.74, 6) is 5.65. The number of nitrogens with one attached hydrogen (secondary N) is 2. The van der Waals surface area contributed by atoms with Crippen molar-refractivity contribution in [2.24, 2.45) is 14.1 Å². The van der Waals surface area contributed by atoms with E-state index in [-0.39, 0.29) is 42.1 Å². The van der Waals surface area contributed by atoms with Crippen LogP contribution in [0.2, 0.25) is 0 Å². The number of benzene rings is 2. The Morgan fingerprint density at radius 1 is 1.04 bits per heavy atom. The van der Waals surface area contributed by atoms with Gasteiger partial charge in [-0.05, 0) is 60.7 Å². The molecule has 260 valence electrons. The molecule has 2 aromatic carbocycles. The molecule has 14 nitrogen and oxygen atoms in total. The minimum atomic E-state index is -0.445. The van der Waals surface area contributed by atoms with E-state index in [4.69, 9.17) is 9.15 Å². The first-order valence-corrected chi connectivity index (χ1v) is 16.7. The van der Waals surface area contributed by atoms with Crippen LogP contribution in [0.1, 0.15) is 46.1 Å². The predicted molar refractivity (Wildman–Crippen MR) is 191 cm³/mol. The van der Waals surface area contributed by atoms with E-state index in [2.05, 4.69) is 42.3 Å². The SMILES string of the molecule is Cc1cc(-c2ncc3c(n2)OCCN3c2ccc3c(c2)n(C)c(=O)n3C)cnc1C(=O)NCC#Cc1cc2c([C@H]3CCC(=O)NC3=O)cccc2o1. The summed E-state index contributed by atoms with van der Waals surface area (Å²) in [6, 6.07) is 14.9. The number of rotatable bonds is 5. The minimum absolute atomic E-state index is 0.0496. The van der Waals surface area contributed by atoms with Crippen molar-refractivity contribution in [3.63, 3.8) is 0 Å². The van der Waals surface area contributed by atoms with Crippen molar-refractivity contribution in [1.82, 2.24) is 34.7 Å². The van der Waals surface area contributed by atoms with Crippen LogP contribution in [0.25, 0.3) is 33.4 Å². The first-order chi connectivity index (χ1) is 25.2. The summed E-state index contributed by atoms with van der Waals surface area (Å²) in [5.41, 5.74) is 6.04. The normalized spacial score (nSPS) is 15.5. The Morgan fingerprint density at radius 2 is 1.88 bits per heavy atom. The smallest absolute Gasteiger partial charge is 0.328 e. The fraction of sp³-hybridized carbons (Fsp3) is 0.237. The average molecular weight is 697 g/mol. The third-order valence-electron chi connectivity index (χ3n) is 9.46. The number of aryl methyl sites for hydroxylation is 3. The van der Waals surface area contributed by atoms with Gasteiger partial charge in [0, 0.05) is 49.4 Å². The van der Waals surface area contributed by atoms with Gasteiger partial charge in [-0.2, -0.15) is 4.98 Å². The highest BCUT2D eigenvalue weighted by molar-refractivity contribution is 6.03. The Bertz CT molecular complexity index is 2590. The maximum atomic E-state index is 13.0. The van der Waals surface area contributed by atoms with E-state index < -0.39 is 5.92 Å². The Balaban J connectivity index is 0.947. The molecule has 0 saturated carbocycles. The zero-order chi connectivity index (χ0) is 36.1. The number of nitrogens with zero attached hydrogens (tertiary/aromatic N) is 6. The number of carbonyl (C=O) groups is 3. The molecule has 3 amide bonds. The van der Waals surface area contributed by atoms with E-state index in [0.717, 1.165) is 27.7 Å². The van der Waals surface area contributed by atoms with Gasteiger partial charge in [-0.25, -0.2) is 9.78 Å². The number of anilines is 2. The standard InChI is InChI=1S/C38H32N8O6/c1-21-16-22(34-41-20-30-37(43-34)51-15-14-46(30)23-9-11-28-29(17-23)45(3)38(50)44(28)2)19-40-33(21)36(49)39-13-5-6-24-18-27-25(7-4-8-31(27)52-24)26-10-12-32(47)42-35(26)48/h4,7-9,11,16-20,26H,10,12-15H2,1-3H3,(H,39,49)(H,42,47,48)/t26-/m1/s1.